The van der Waals surface area contributed by atoms with Gasteiger partial charge in [0.25, 0.3) is 5.91 Å². The van der Waals surface area contributed by atoms with Gasteiger partial charge in [0.15, 0.2) is 0 Å². The number of nitrogen functional groups attached to an aromatic ring is 1. The van der Waals surface area contributed by atoms with Gasteiger partial charge >= 0.3 is 6.18 Å². The van der Waals surface area contributed by atoms with Gasteiger partial charge in [-0.15, -0.1) is 0 Å². The van der Waals surface area contributed by atoms with Gasteiger partial charge in [-0.2, -0.15) is 13.2 Å². The Morgan fingerprint density at radius 1 is 1.35 bits per heavy atom. The van der Waals surface area contributed by atoms with Gasteiger partial charge in [0, 0.05) is 12.4 Å². The summed E-state index contributed by atoms with van der Waals surface area (Å²) in [5, 5.41) is 0.473. The highest BCUT2D eigenvalue weighted by Crippen LogP contribution is 2.22. The molecule has 0 aliphatic carbocycles. The number of carbonyl (C=O) groups excluding carboxylic acids is 1. The quantitative estimate of drug-likeness (QED) is 0.921. The standard InChI is InChI=1S/C13H12F3N3O/c1-19(7-13(14,15)16)12(20)9-6-11(17)18-10-5-3-2-4-8(9)10/h2-6H,7H2,1H3,(H2,17,18). The lowest BCUT2D eigenvalue weighted by atomic mass is 10.1. The fourth-order valence-electron chi connectivity index (χ4n) is 1.92. The maximum atomic E-state index is 12.3. The summed E-state index contributed by atoms with van der Waals surface area (Å²) in [7, 11) is 1.10. The van der Waals surface area contributed by atoms with Crippen LogP contribution < -0.4 is 5.73 Å². The number of amides is 1. The van der Waals surface area contributed by atoms with Crippen molar-refractivity contribution in [2.75, 3.05) is 19.3 Å². The number of nitrogens with zero attached hydrogens (tertiary/aromatic N) is 2. The van der Waals surface area contributed by atoms with Gasteiger partial charge in [-0.25, -0.2) is 4.98 Å². The molecule has 2 N–H and O–H groups in total. The number of nitrogens with two attached hydrogens (primary N) is 1. The van der Waals surface area contributed by atoms with Crippen molar-refractivity contribution < 1.29 is 18.0 Å². The van der Waals surface area contributed by atoms with E-state index >= 15 is 0 Å². The highest BCUT2D eigenvalue weighted by molar-refractivity contribution is 6.06. The predicted octanol–water partition coefficient (Wildman–Crippen LogP) is 2.45. The molecule has 0 fully saturated rings. The predicted molar refractivity (Wildman–Crippen MR) is 69.2 cm³/mol. The van der Waals surface area contributed by atoms with Crippen LogP contribution in [-0.2, 0) is 0 Å². The molecule has 1 amide bonds. The molecule has 0 radical (unpaired) electrons. The molecule has 0 saturated carbocycles. The van der Waals surface area contributed by atoms with Crippen LogP contribution in [0.25, 0.3) is 10.9 Å². The Labute approximate surface area is 113 Å². The Bertz CT molecular complexity index is 655. The molecular weight excluding hydrogens is 271 g/mol. The minimum atomic E-state index is -4.45. The number of benzene rings is 1. The Kier molecular flexibility index (Phi) is 3.52. The number of para-hydroxylation sites is 1. The van der Waals surface area contributed by atoms with E-state index in [-0.39, 0.29) is 11.4 Å². The van der Waals surface area contributed by atoms with E-state index in [1.54, 1.807) is 24.3 Å². The molecule has 106 valence electrons. The van der Waals surface area contributed by atoms with E-state index in [1.165, 1.54) is 6.07 Å². The molecule has 0 aliphatic heterocycles. The van der Waals surface area contributed by atoms with Crippen molar-refractivity contribution in [2.45, 2.75) is 6.18 Å². The summed E-state index contributed by atoms with van der Waals surface area (Å²) in [5.41, 5.74) is 6.17. The zero-order valence-electron chi connectivity index (χ0n) is 10.6. The SMILES string of the molecule is CN(CC(F)(F)F)C(=O)c1cc(N)nc2ccccc12. The zero-order valence-corrected chi connectivity index (χ0v) is 10.6. The van der Waals surface area contributed by atoms with E-state index in [9.17, 15) is 18.0 Å². The van der Waals surface area contributed by atoms with Crippen molar-refractivity contribution in [1.82, 2.24) is 9.88 Å². The van der Waals surface area contributed by atoms with Crippen molar-refractivity contribution in [3.05, 3.63) is 35.9 Å². The van der Waals surface area contributed by atoms with Gasteiger partial charge < -0.3 is 10.6 Å². The van der Waals surface area contributed by atoms with E-state index in [4.69, 9.17) is 5.73 Å². The van der Waals surface area contributed by atoms with Crippen LogP contribution in [0.2, 0.25) is 0 Å². The lowest BCUT2D eigenvalue weighted by Gasteiger charge is -2.19. The lowest BCUT2D eigenvalue weighted by Crippen LogP contribution is -2.36. The number of anilines is 1. The molecular formula is C13H12F3N3O. The first-order chi connectivity index (χ1) is 9.28. The van der Waals surface area contributed by atoms with Crippen LogP contribution in [0.4, 0.5) is 19.0 Å². The molecule has 1 heterocycles. The topological polar surface area (TPSA) is 59.2 Å². The molecule has 0 spiro atoms. The minimum Gasteiger partial charge on any atom is -0.384 e. The van der Waals surface area contributed by atoms with Gasteiger partial charge in [0.1, 0.15) is 12.4 Å². The van der Waals surface area contributed by atoms with Crippen LogP contribution in [0.5, 0.6) is 0 Å². The molecule has 2 rings (SSSR count). The number of pyridine rings is 1. The number of aromatic nitrogens is 1. The first-order valence-electron chi connectivity index (χ1n) is 5.75. The molecule has 0 saturated heterocycles. The molecule has 4 nitrogen and oxygen atoms in total. The van der Waals surface area contributed by atoms with Crippen molar-refractivity contribution in [1.29, 1.82) is 0 Å². The van der Waals surface area contributed by atoms with Gasteiger partial charge in [-0.05, 0) is 12.1 Å². The number of carbonyl (C=O) groups is 1. The largest absolute Gasteiger partial charge is 0.406 e. The summed E-state index contributed by atoms with van der Waals surface area (Å²) in [6, 6.07) is 7.95. The van der Waals surface area contributed by atoms with Crippen molar-refractivity contribution in [3.8, 4) is 0 Å². The summed E-state index contributed by atoms with van der Waals surface area (Å²) in [4.78, 5) is 16.8. The van der Waals surface area contributed by atoms with Crippen LogP contribution in [0.15, 0.2) is 30.3 Å². The summed E-state index contributed by atoms with van der Waals surface area (Å²) < 4.78 is 37.0. The van der Waals surface area contributed by atoms with Gasteiger partial charge in [-0.1, -0.05) is 18.2 Å². The maximum absolute atomic E-state index is 12.3. The molecule has 7 heteroatoms. The first-order valence-corrected chi connectivity index (χ1v) is 5.75. The highest BCUT2D eigenvalue weighted by Gasteiger charge is 2.32. The summed E-state index contributed by atoms with van der Waals surface area (Å²) >= 11 is 0. The van der Waals surface area contributed by atoms with E-state index in [0.717, 1.165) is 7.05 Å². The third kappa shape index (κ3) is 2.98. The second kappa shape index (κ2) is 4.99. The lowest BCUT2D eigenvalue weighted by molar-refractivity contribution is -0.138. The molecule has 0 aliphatic rings. The van der Waals surface area contributed by atoms with Crippen LogP contribution >= 0.6 is 0 Å². The molecule has 2 aromatic rings. The number of rotatable bonds is 2. The van der Waals surface area contributed by atoms with Crippen LogP contribution in [-0.4, -0.2) is 35.6 Å². The minimum absolute atomic E-state index is 0.0902. The second-order valence-corrected chi connectivity index (χ2v) is 4.39. The normalized spacial score (nSPS) is 11.6. The fourth-order valence-corrected chi connectivity index (χ4v) is 1.92. The van der Waals surface area contributed by atoms with E-state index < -0.39 is 18.6 Å². The number of alkyl halides is 3. The molecule has 1 aromatic carbocycles. The van der Waals surface area contributed by atoms with Crippen LogP contribution in [0, 0.1) is 0 Å². The summed E-state index contributed by atoms with van der Waals surface area (Å²) in [6.07, 6.45) is -4.45. The summed E-state index contributed by atoms with van der Waals surface area (Å²) in [6.45, 7) is -1.32. The third-order valence-electron chi connectivity index (χ3n) is 2.73. The smallest absolute Gasteiger partial charge is 0.384 e. The van der Waals surface area contributed by atoms with E-state index in [1.807, 2.05) is 0 Å². The molecule has 20 heavy (non-hydrogen) atoms. The van der Waals surface area contributed by atoms with Crippen molar-refractivity contribution in [3.63, 3.8) is 0 Å². The molecule has 0 unspecified atom stereocenters. The van der Waals surface area contributed by atoms with Crippen molar-refractivity contribution >= 4 is 22.6 Å². The Morgan fingerprint density at radius 2 is 2.00 bits per heavy atom. The Morgan fingerprint density at radius 3 is 2.65 bits per heavy atom. The second-order valence-electron chi connectivity index (χ2n) is 4.39. The monoisotopic (exact) mass is 283 g/mol. The van der Waals surface area contributed by atoms with E-state index in [0.29, 0.717) is 15.8 Å². The first kappa shape index (κ1) is 14.1. The number of hydrogen-bond donors (Lipinski definition) is 1. The Hall–Kier alpha value is -2.31. The number of hydrogen-bond acceptors (Lipinski definition) is 3. The Balaban J connectivity index is 2.44. The van der Waals surface area contributed by atoms with Crippen LogP contribution in [0.3, 0.4) is 0 Å². The fraction of sp³-hybridized carbons (Fsp3) is 0.231. The van der Waals surface area contributed by atoms with Gasteiger partial charge in [0.05, 0.1) is 11.1 Å². The van der Waals surface area contributed by atoms with Gasteiger partial charge in [-0.3, -0.25) is 4.79 Å². The average molecular weight is 283 g/mol. The summed E-state index contributed by atoms with van der Waals surface area (Å²) in [5.74, 6) is -0.653. The van der Waals surface area contributed by atoms with Crippen LogP contribution in [0.1, 0.15) is 10.4 Å². The molecule has 0 atom stereocenters. The number of fused-ring (bicyclic) bond motifs is 1. The van der Waals surface area contributed by atoms with Gasteiger partial charge in [0.2, 0.25) is 0 Å². The average Bonchev–Trinajstić information content (AvgIpc) is 2.34. The molecule has 0 bridgehead atoms. The van der Waals surface area contributed by atoms with Crippen molar-refractivity contribution in [2.24, 2.45) is 0 Å². The number of halogens is 3. The highest BCUT2D eigenvalue weighted by atomic mass is 19.4. The maximum Gasteiger partial charge on any atom is 0.406 e. The molecule has 1 aromatic heterocycles. The van der Waals surface area contributed by atoms with E-state index in [2.05, 4.69) is 4.98 Å². The third-order valence-corrected chi connectivity index (χ3v) is 2.73. The zero-order chi connectivity index (χ0) is 14.9.